The first-order valence-electron chi connectivity index (χ1n) is 14.7. The van der Waals surface area contributed by atoms with Crippen LogP contribution in [0.3, 0.4) is 0 Å². The van der Waals surface area contributed by atoms with Crippen LogP contribution in [0.15, 0.2) is 84.9 Å². The Morgan fingerprint density at radius 2 is 1.30 bits per heavy atom. The van der Waals surface area contributed by atoms with Gasteiger partial charge in [-0.3, -0.25) is 14.9 Å². The van der Waals surface area contributed by atoms with Crippen LogP contribution in [0.4, 0.5) is 5.69 Å². The molecule has 1 aliphatic rings. The lowest BCUT2D eigenvalue weighted by atomic mass is 9.96. The van der Waals surface area contributed by atoms with E-state index in [1.807, 2.05) is 87.5 Å². The highest BCUT2D eigenvalue weighted by atomic mass is 16.5. The zero-order valence-electron chi connectivity index (χ0n) is 25.5. The van der Waals surface area contributed by atoms with Gasteiger partial charge in [0.15, 0.2) is 0 Å². The van der Waals surface area contributed by atoms with Crippen LogP contribution in [0.25, 0.3) is 0 Å². The number of nitrogens with two attached hydrogens (primary N) is 1. The molecule has 3 heterocycles. The molecule has 5 rings (SSSR count). The molecule has 0 radical (unpaired) electrons. The predicted molar refractivity (Wildman–Crippen MR) is 169 cm³/mol. The number of hydrogen-bond acceptors (Lipinski definition) is 7. The predicted octanol–water partition coefficient (Wildman–Crippen LogP) is 6.53. The number of amides is 2. The molecule has 8 nitrogen and oxygen atoms in total. The summed E-state index contributed by atoms with van der Waals surface area (Å²) in [4.78, 5) is 30.2. The Bertz CT molecular complexity index is 1450. The van der Waals surface area contributed by atoms with Crippen molar-refractivity contribution in [1.82, 2.24) is 15.3 Å². The average Bonchev–Trinajstić information content (AvgIpc) is 3.02. The molecule has 1 unspecified atom stereocenters. The summed E-state index contributed by atoms with van der Waals surface area (Å²) >= 11 is 0. The van der Waals surface area contributed by atoms with Crippen molar-refractivity contribution >= 4 is 17.5 Å². The van der Waals surface area contributed by atoms with Gasteiger partial charge < -0.3 is 15.2 Å². The number of nitrogens with one attached hydrogen (secondary N) is 1. The Morgan fingerprint density at radius 3 is 1.84 bits per heavy atom. The molecule has 2 amide bonds. The normalized spacial score (nSPS) is 13.9. The Morgan fingerprint density at radius 1 is 0.767 bits per heavy atom. The van der Waals surface area contributed by atoms with Gasteiger partial charge in [-0.05, 0) is 62.4 Å². The third-order valence-corrected chi connectivity index (χ3v) is 6.77. The van der Waals surface area contributed by atoms with Crippen LogP contribution in [-0.4, -0.2) is 21.8 Å². The number of carbonyl (C=O) groups is 2. The van der Waals surface area contributed by atoms with Crippen molar-refractivity contribution < 1.29 is 19.1 Å². The number of ether oxygens (including phenoxy) is 2. The maximum atomic E-state index is 10.9. The van der Waals surface area contributed by atoms with Crippen molar-refractivity contribution in [3.63, 3.8) is 0 Å². The molecule has 2 aromatic heterocycles. The Labute approximate surface area is 254 Å². The minimum absolute atomic E-state index is 0.0673. The van der Waals surface area contributed by atoms with Crippen molar-refractivity contribution in [1.29, 1.82) is 0 Å². The number of rotatable bonds is 8. The van der Waals surface area contributed by atoms with Crippen LogP contribution in [0, 0.1) is 19.8 Å². The van der Waals surface area contributed by atoms with Gasteiger partial charge in [0.2, 0.25) is 23.6 Å². The maximum absolute atomic E-state index is 10.9. The topological polar surface area (TPSA) is 116 Å². The average molecular weight is 583 g/mol. The van der Waals surface area contributed by atoms with Crippen molar-refractivity contribution in [3.05, 3.63) is 113 Å². The second-order valence-corrected chi connectivity index (χ2v) is 10.2. The Kier molecular flexibility index (Phi) is 13.2. The molecule has 0 bridgehead atoms. The van der Waals surface area contributed by atoms with Gasteiger partial charge in [-0.1, -0.05) is 80.6 Å². The molecule has 8 heteroatoms. The molecular formula is C35H42N4O4. The first kappa shape index (κ1) is 32.8. The van der Waals surface area contributed by atoms with Gasteiger partial charge in [0.25, 0.3) is 0 Å². The summed E-state index contributed by atoms with van der Waals surface area (Å²) in [5.41, 5.74) is 11.7. The first-order valence-corrected chi connectivity index (χ1v) is 14.7. The third kappa shape index (κ3) is 11.2. The smallest absolute Gasteiger partial charge is 0.237 e. The number of piperidine rings is 1. The quantitative estimate of drug-likeness (QED) is 0.227. The van der Waals surface area contributed by atoms with E-state index in [0.29, 0.717) is 31.2 Å². The fraction of sp³-hybridized carbons (Fsp3) is 0.314. The van der Waals surface area contributed by atoms with Crippen LogP contribution in [0.5, 0.6) is 11.8 Å². The van der Waals surface area contributed by atoms with Gasteiger partial charge >= 0.3 is 0 Å². The third-order valence-electron chi connectivity index (χ3n) is 6.77. The summed E-state index contributed by atoms with van der Waals surface area (Å²) < 4.78 is 11.4. The van der Waals surface area contributed by atoms with Crippen LogP contribution in [-0.2, 0) is 29.2 Å². The van der Waals surface area contributed by atoms with Gasteiger partial charge in [0, 0.05) is 29.3 Å². The summed E-state index contributed by atoms with van der Waals surface area (Å²) in [6.45, 7) is 9.02. The van der Waals surface area contributed by atoms with Crippen LogP contribution in [0.2, 0.25) is 0 Å². The largest absolute Gasteiger partial charge is 0.473 e. The van der Waals surface area contributed by atoms with Gasteiger partial charge in [-0.25, -0.2) is 9.97 Å². The number of aromatic nitrogens is 2. The molecule has 2 aromatic carbocycles. The fourth-order valence-corrected chi connectivity index (χ4v) is 4.19. The van der Waals surface area contributed by atoms with E-state index in [1.165, 1.54) is 0 Å². The minimum atomic E-state index is -0.130. The van der Waals surface area contributed by atoms with Crippen molar-refractivity contribution in [2.45, 2.75) is 66.6 Å². The number of imide groups is 1. The summed E-state index contributed by atoms with van der Waals surface area (Å²) in [6, 6.07) is 27.9. The summed E-state index contributed by atoms with van der Waals surface area (Å²) in [5, 5.41) is 2.30. The molecule has 0 spiro atoms. The number of nitrogens with zero attached hydrogens (tertiary/aromatic N) is 2. The Balaban J connectivity index is 0.000000183. The van der Waals surface area contributed by atoms with Gasteiger partial charge in [0.05, 0.1) is 5.69 Å². The van der Waals surface area contributed by atoms with E-state index in [-0.39, 0.29) is 17.7 Å². The standard InChI is InChI=1S/C15H17NO.C13H14N2O.C7H11NO2/c1-3-14-10-9-12(2)16-15(14)17-11-13-7-5-4-6-8-13;1-10-7-8-12(14)13(15-10)16-9-11-5-3-2-4-6-11;1-2-5-3-4-6(9)8-7(5)10/h4-10H,3,11H2,1-2H3;2-8H,9,14H2,1H3;5H,2-4H2,1H3,(H,8,9,10). The van der Waals surface area contributed by atoms with E-state index in [4.69, 9.17) is 15.2 Å². The highest BCUT2D eigenvalue weighted by Gasteiger charge is 2.24. The fourth-order valence-electron chi connectivity index (χ4n) is 4.19. The zero-order valence-corrected chi connectivity index (χ0v) is 25.5. The minimum Gasteiger partial charge on any atom is -0.473 e. The molecular weight excluding hydrogens is 540 g/mol. The molecule has 43 heavy (non-hydrogen) atoms. The van der Waals surface area contributed by atoms with E-state index in [2.05, 4.69) is 40.4 Å². The summed E-state index contributed by atoms with van der Waals surface area (Å²) in [7, 11) is 0. The lowest BCUT2D eigenvalue weighted by Crippen LogP contribution is -2.40. The van der Waals surface area contributed by atoms with Crippen molar-refractivity contribution in [2.75, 3.05) is 5.73 Å². The van der Waals surface area contributed by atoms with Crippen molar-refractivity contribution in [3.8, 4) is 11.8 Å². The lowest BCUT2D eigenvalue weighted by molar-refractivity contribution is -0.136. The number of nitrogen functional groups attached to an aromatic ring is 1. The van der Waals surface area contributed by atoms with E-state index in [0.717, 1.165) is 53.2 Å². The molecule has 226 valence electrons. The number of hydrogen-bond donors (Lipinski definition) is 2. The van der Waals surface area contributed by atoms with Crippen LogP contribution in [0.1, 0.15) is 61.2 Å². The van der Waals surface area contributed by atoms with E-state index in [9.17, 15) is 9.59 Å². The lowest BCUT2D eigenvalue weighted by Gasteiger charge is -2.18. The number of carbonyl (C=O) groups excluding carboxylic acids is 2. The summed E-state index contributed by atoms with van der Waals surface area (Å²) in [5.74, 6) is 1.10. The van der Waals surface area contributed by atoms with Gasteiger partial charge in [0.1, 0.15) is 13.2 Å². The van der Waals surface area contributed by atoms with E-state index in [1.54, 1.807) is 0 Å². The number of benzene rings is 2. The highest BCUT2D eigenvalue weighted by molar-refractivity contribution is 5.98. The number of anilines is 1. The summed E-state index contributed by atoms with van der Waals surface area (Å²) in [6.07, 6.45) is 3.00. The molecule has 1 saturated heterocycles. The zero-order chi connectivity index (χ0) is 31.0. The second-order valence-electron chi connectivity index (χ2n) is 10.2. The Hall–Kier alpha value is -4.72. The monoisotopic (exact) mass is 582 g/mol. The maximum Gasteiger partial charge on any atom is 0.237 e. The van der Waals surface area contributed by atoms with E-state index < -0.39 is 0 Å². The SMILES string of the molecule is CCC1CCC(=O)NC1=O.CCc1ccc(C)nc1OCc1ccccc1.Cc1ccc(N)c(OCc2ccccc2)n1. The van der Waals surface area contributed by atoms with Crippen molar-refractivity contribution in [2.24, 2.45) is 5.92 Å². The molecule has 3 N–H and O–H groups in total. The second kappa shape index (κ2) is 17.3. The molecule has 0 aliphatic carbocycles. The molecule has 1 atom stereocenters. The number of pyridine rings is 2. The molecule has 4 aromatic rings. The van der Waals surface area contributed by atoms with Crippen LogP contribution >= 0.6 is 0 Å². The molecule has 0 saturated carbocycles. The van der Waals surface area contributed by atoms with Gasteiger partial charge in [-0.2, -0.15) is 0 Å². The molecule has 1 aliphatic heterocycles. The van der Waals surface area contributed by atoms with E-state index >= 15 is 0 Å². The number of aryl methyl sites for hydroxylation is 3. The van der Waals surface area contributed by atoms with Gasteiger partial charge in [-0.15, -0.1) is 0 Å². The highest BCUT2D eigenvalue weighted by Crippen LogP contribution is 2.20. The first-order chi connectivity index (χ1) is 20.8. The molecule has 1 fully saturated rings. The van der Waals surface area contributed by atoms with Crippen LogP contribution < -0.4 is 20.5 Å².